The Labute approximate surface area is 174 Å². The van der Waals surface area contributed by atoms with E-state index < -0.39 is 5.54 Å². The van der Waals surface area contributed by atoms with Crippen molar-refractivity contribution in [2.75, 3.05) is 7.11 Å². The van der Waals surface area contributed by atoms with Gasteiger partial charge in [-0.3, -0.25) is 5.43 Å². The van der Waals surface area contributed by atoms with Crippen molar-refractivity contribution in [1.82, 2.24) is 10.9 Å². The zero-order chi connectivity index (χ0) is 20.2. The predicted octanol–water partition coefficient (Wildman–Crippen LogP) is 3.56. The van der Waals surface area contributed by atoms with Gasteiger partial charge in [0.2, 0.25) is 0 Å². The first-order valence-electron chi connectivity index (χ1n) is 10.8. The van der Waals surface area contributed by atoms with Gasteiger partial charge in [-0.1, -0.05) is 19.4 Å². The molecule has 0 saturated heterocycles. The van der Waals surface area contributed by atoms with Crippen molar-refractivity contribution in [3.8, 4) is 6.07 Å². The van der Waals surface area contributed by atoms with E-state index >= 15 is 0 Å². The van der Waals surface area contributed by atoms with E-state index in [1.807, 2.05) is 7.11 Å². The van der Waals surface area contributed by atoms with Crippen LogP contribution in [-0.2, 0) is 4.74 Å². The number of nitrogens with two attached hydrogens (primary N) is 1. The number of allylic oxidation sites excluding steroid dienone is 1. The van der Waals surface area contributed by atoms with Crippen molar-refractivity contribution < 1.29 is 4.74 Å². The maximum absolute atomic E-state index is 9.88. The fraction of sp³-hybridized carbons (Fsp3) is 0.818. The molecule has 28 heavy (non-hydrogen) atoms. The second-order valence-electron chi connectivity index (χ2n) is 10.0. The summed E-state index contributed by atoms with van der Waals surface area (Å²) in [5.41, 5.74) is 12.8. The summed E-state index contributed by atoms with van der Waals surface area (Å²) in [6.07, 6.45) is 11.9. The molecule has 1 unspecified atom stereocenters. The number of nitrogens with zero attached hydrogens (tertiary/aromatic N) is 1. The molecule has 0 aromatic carbocycles. The van der Waals surface area contributed by atoms with Crippen LogP contribution >= 0.6 is 12.2 Å². The van der Waals surface area contributed by atoms with Gasteiger partial charge in [0, 0.05) is 7.11 Å². The van der Waals surface area contributed by atoms with Gasteiger partial charge in [0.25, 0.3) is 0 Å². The van der Waals surface area contributed by atoms with Gasteiger partial charge in [-0.05, 0) is 98.2 Å². The number of rotatable bonds is 3. The summed E-state index contributed by atoms with van der Waals surface area (Å²) in [7, 11) is 1.89. The summed E-state index contributed by atoms with van der Waals surface area (Å²) in [5.74, 6) is 2.30. The smallest absolute Gasteiger partial charge is 0.178 e. The van der Waals surface area contributed by atoms with E-state index in [4.69, 9.17) is 22.7 Å². The van der Waals surface area contributed by atoms with Crippen LogP contribution in [0.3, 0.4) is 0 Å². The highest BCUT2D eigenvalue weighted by molar-refractivity contribution is 7.80. The molecule has 3 saturated carbocycles. The molecule has 3 fully saturated rings. The molecule has 0 bridgehead atoms. The van der Waals surface area contributed by atoms with Crippen LogP contribution in [0.5, 0.6) is 0 Å². The molecule has 6 heteroatoms. The highest BCUT2D eigenvalue weighted by Crippen LogP contribution is 2.66. The van der Waals surface area contributed by atoms with Crippen molar-refractivity contribution in [1.29, 1.82) is 5.26 Å². The summed E-state index contributed by atoms with van der Waals surface area (Å²) in [4.78, 5) is 0. The topological polar surface area (TPSA) is 83.1 Å². The Morgan fingerprint density at radius 1 is 1.21 bits per heavy atom. The first-order chi connectivity index (χ1) is 13.3. The highest BCUT2D eigenvalue weighted by atomic mass is 32.1. The van der Waals surface area contributed by atoms with Gasteiger partial charge in [0.1, 0.15) is 5.54 Å². The number of nitriles is 1. The van der Waals surface area contributed by atoms with E-state index in [9.17, 15) is 5.26 Å². The third kappa shape index (κ3) is 2.89. The maximum Gasteiger partial charge on any atom is 0.178 e. The second kappa shape index (κ2) is 6.97. The van der Waals surface area contributed by atoms with Crippen LogP contribution in [0.15, 0.2) is 11.6 Å². The van der Waals surface area contributed by atoms with Crippen LogP contribution in [0.25, 0.3) is 0 Å². The highest BCUT2D eigenvalue weighted by Gasteiger charge is 2.59. The summed E-state index contributed by atoms with van der Waals surface area (Å²) in [5, 5.41) is 10.1. The predicted molar refractivity (Wildman–Crippen MR) is 114 cm³/mol. The van der Waals surface area contributed by atoms with E-state index in [0.29, 0.717) is 11.5 Å². The number of hydrogen-bond acceptors (Lipinski definition) is 4. The van der Waals surface area contributed by atoms with Crippen LogP contribution in [0.4, 0.5) is 0 Å². The Hall–Kier alpha value is -1.16. The van der Waals surface area contributed by atoms with Crippen molar-refractivity contribution in [3.05, 3.63) is 11.6 Å². The number of fused-ring (bicyclic) bond motifs is 5. The average molecular weight is 403 g/mol. The number of hydrazine groups is 1. The molecular weight excluding hydrogens is 368 g/mol. The summed E-state index contributed by atoms with van der Waals surface area (Å²) in [6, 6.07) is 2.47. The number of hydrogen-bond donors (Lipinski definition) is 3. The first kappa shape index (κ1) is 20.1. The monoisotopic (exact) mass is 402 g/mol. The molecule has 0 amide bonds. The first-order valence-corrected chi connectivity index (χ1v) is 11.2. The molecule has 0 radical (unpaired) electrons. The lowest BCUT2D eigenvalue weighted by Gasteiger charge is -2.59. The largest absolute Gasteiger partial charge is 0.381 e. The second-order valence-corrected chi connectivity index (χ2v) is 10.5. The van der Waals surface area contributed by atoms with Gasteiger partial charge < -0.3 is 10.5 Å². The third-order valence-electron chi connectivity index (χ3n) is 9.00. The Morgan fingerprint density at radius 3 is 2.68 bits per heavy atom. The quantitative estimate of drug-likeness (QED) is 0.380. The molecule has 4 aliphatic rings. The number of nitrogens with one attached hydrogen (secondary N) is 2. The van der Waals surface area contributed by atoms with Gasteiger partial charge in [-0.25, -0.2) is 5.43 Å². The third-order valence-corrected chi connectivity index (χ3v) is 9.10. The lowest BCUT2D eigenvalue weighted by Crippen LogP contribution is -2.58. The van der Waals surface area contributed by atoms with Gasteiger partial charge in [0.15, 0.2) is 5.11 Å². The van der Waals surface area contributed by atoms with Crippen LogP contribution in [0.1, 0.15) is 65.2 Å². The number of ether oxygens (including phenoxy) is 1. The van der Waals surface area contributed by atoms with Crippen molar-refractivity contribution >= 4 is 17.3 Å². The normalized spacial score (nSPS) is 47.1. The maximum atomic E-state index is 9.88. The summed E-state index contributed by atoms with van der Waals surface area (Å²) < 4.78 is 5.90. The van der Waals surface area contributed by atoms with Gasteiger partial charge >= 0.3 is 0 Å². The minimum atomic E-state index is -0.719. The molecule has 0 spiro atoms. The number of methoxy groups -OCH3 is 1. The van der Waals surface area contributed by atoms with Crippen LogP contribution in [-0.4, -0.2) is 23.9 Å². The van der Waals surface area contributed by atoms with Crippen LogP contribution < -0.4 is 16.6 Å². The van der Waals surface area contributed by atoms with E-state index in [1.54, 1.807) is 0 Å². The molecule has 0 heterocycles. The molecule has 0 aromatic rings. The Kier molecular flexibility index (Phi) is 5.01. The molecule has 5 nitrogen and oxygen atoms in total. The van der Waals surface area contributed by atoms with Crippen molar-refractivity contribution in [2.24, 2.45) is 34.3 Å². The van der Waals surface area contributed by atoms with Crippen molar-refractivity contribution in [2.45, 2.75) is 76.9 Å². The van der Waals surface area contributed by atoms with E-state index in [2.05, 4.69) is 36.8 Å². The molecule has 4 N–H and O–H groups in total. The van der Waals surface area contributed by atoms with E-state index in [-0.39, 0.29) is 10.5 Å². The fourth-order valence-corrected chi connectivity index (χ4v) is 7.51. The molecule has 154 valence electrons. The lowest BCUT2D eigenvalue weighted by molar-refractivity contribution is -0.0856. The summed E-state index contributed by atoms with van der Waals surface area (Å²) >= 11 is 4.91. The summed E-state index contributed by atoms with van der Waals surface area (Å²) in [6.45, 7) is 4.94. The Bertz CT molecular complexity index is 733. The molecule has 4 aliphatic carbocycles. The number of thiocarbonyl (C=S) groups is 1. The minimum Gasteiger partial charge on any atom is -0.381 e. The standard InChI is InChI=1S/C22H34N4OS/c1-20-10-11-22(13-23,26-25-19(24)28)12-14(20)4-5-15-16-6-7-18(27-3)21(16,2)9-8-17(15)20/h12,15-18,26H,4-11H2,1-3H3,(H3,24,25,28)/t15-,16-,17-,18-,20-,21-,22?/m0/s1. The fourth-order valence-electron chi connectivity index (χ4n) is 7.46. The molecule has 0 aliphatic heterocycles. The molecular formula is C22H34N4OS. The average Bonchev–Trinajstić information content (AvgIpc) is 3.02. The van der Waals surface area contributed by atoms with Crippen LogP contribution in [0, 0.1) is 39.9 Å². The van der Waals surface area contributed by atoms with Gasteiger partial charge in [-0.2, -0.15) is 5.26 Å². The SMILES string of the molecule is CO[C@H]1CC[C@H]2[C@@H]3CCC4=CC(C#N)(NNC(N)=S)CC[C@]4(C)[C@H]3CC[C@]12C. The zero-order valence-corrected chi connectivity index (χ0v) is 18.2. The Balaban J connectivity index is 1.60. The lowest BCUT2D eigenvalue weighted by atomic mass is 9.46. The molecule has 7 atom stereocenters. The van der Waals surface area contributed by atoms with Crippen LogP contribution in [0.2, 0.25) is 0 Å². The van der Waals surface area contributed by atoms with E-state index in [1.165, 1.54) is 37.7 Å². The molecule has 4 rings (SSSR count). The van der Waals surface area contributed by atoms with Gasteiger partial charge in [0.05, 0.1) is 12.2 Å². The zero-order valence-electron chi connectivity index (χ0n) is 17.4. The van der Waals surface area contributed by atoms with E-state index in [0.717, 1.165) is 37.0 Å². The van der Waals surface area contributed by atoms with Gasteiger partial charge in [-0.15, -0.1) is 0 Å². The minimum absolute atomic E-state index is 0.172. The molecule has 0 aromatic heterocycles. The van der Waals surface area contributed by atoms with Crippen molar-refractivity contribution in [3.63, 3.8) is 0 Å². The Morgan fingerprint density at radius 2 is 2.00 bits per heavy atom.